The molecule has 0 saturated carbocycles. The van der Waals surface area contributed by atoms with Crippen molar-refractivity contribution in [1.29, 1.82) is 0 Å². The van der Waals surface area contributed by atoms with Crippen molar-refractivity contribution in [3.8, 4) is 0 Å². The Bertz CT molecular complexity index is 492. The van der Waals surface area contributed by atoms with E-state index in [1.807, 2.05) is 0 Å². The average molecular weight is 273 g/mol. The number of carbonyl (C=O) groups is 1. The molecular weight excluding hydrogens is 250 g/mol. The average Bonchev–Trinajstić information content (AvgIpc) is 2.54. The van der Waals surface area contributed by atoms with E-state index in [9.17, 15) is 4.79 Å². The van der Waals surface area contributed by atoms with Gasteiger partial charge in [-0.3, -0.25) is 4.79 Å². The highest BCUT2D eigenvalue weighted by molar-refractivity contribution is 5.79. The number of aryl methyl sites for hydroxylation is 1. The molecule has 0 aromatic heterocycles. The van der Waals surface area contributed by atoms with Crippen LogP contribution in [0.1, 0.15) is 24.8 Å². The molecule has 4 nitrogen and oxygen atoms in total. The topological polar surface area (TPSA) is 44.4 Å². The third kappa shape index (κ3) is 2.47. The number of carbonyl (C=O) groups excluding carboxylic acids is 1. The van der Waals surface area contributed by atoms with Crippen molar-refractivity contribution in [1.82, 2.24) is 5.32 Å². The Kier molecular flexibility index (Phi) is 3.81. The lowest BCUT2D eigenvalue weighted by Crippen LogP contribution is -2.40. The second kappa shape index (κ2) is 5.73. The maximum Gasteiger partial charge on any atom is 0.222 e. The molecule has 3 rings (SSSR count). The molecule has 1 amide bonds. The van der Waals surface area contributed by atoms with E-state index in [1.165, 1.54) is 29.8 Å². The Morgan fingerprint density at radius 1 is 1.35 bits per heavy atom. The molecule has 2 N–H and O–H groups in total. The van der Waals surface area contributed by atoms with Crippen molar-refractivity contribution in [2.24, 2.45) is 5.92 Å². The van der Waals surface area contributed by atoms with Crippen LogP contribution in [0, 0.1) is 5.92 Å². The number of nitrogens with one attached hydrogen (secondary N) is 2. The first kappa shape index (κ1) is 13.3. The van der Waals surface area contributed by atoms with Gasteiger partial charge in [-0.25, -0.2) is 0 Å². The zero-order valence-electron chi connectivity index (χ0n) is 12.1. The maximum atomic E-state index is 11.7. The van der Waals surface area contributed by atoms with E-state index in [4.69, 9.17) is 0 Å². The summed E-state index contributed by atoms with van der Waals surface area (Å²) < 4.78 is 0. The van der Waals surface area contributed by atoms with Crippen molar-refractivity contribution in [3.05, 3.63) is 23.8 Å². The number of piperidine rings is 1. The van der Waals surface area contributed by atoms with Crippen LogP contribution in [0.4, 0.5) is 11.4 Å². The van der Waals surface area contributed by atoms with E-state index in [2.05, 4.69) is 33.7 Å². The summed E-state index contributed by atoms with van der Waals surface area (Å²) in [4.78, 5) is 14.1. The number of nitrogens with zero attached hydrogens (tertiary/aromatic N) is 1. The lowest BCUT2D eigenvalue weighted by molar-refractivity contribution is -0.125. The van der Waals surface area contributed by atoms with Gasteiger partial charge in [-0.05, 0) is 37.3 Å². The minimum atomic E-state index is 0.184. The highest BCUT2D eigenvalue weighted by atomic mass is 16.1. The smallest absolute Gasteiger partial charge is 0.222 e. The SMILES string of the molecule is CNC(=O)C1CCN(c2cccc3c2NCCC3)CC1. The van der Waals surface area contributed by atoms with E-state index in [-0.39, 0.29) is 11.8 Å². The van der Waals surface area contributed by atoms with E-state index in [1.54, 1.807) is 7.05 Å². The lowest BCUT2D eigenvalue weighted by Gasteiger charge is -2.35. The van der Waals surface area contributed by atoms with E-state index < -0.39 is 0 Å². The first-order valence-electron chi connectivity index (χ1n) is 7.62. The fourth-order valence-electron chi connectivity index (χ4n) is 3.34. The molecule has 1 fully saturated rings. The Hall–Kier alpha value is -1.71. The molecule has 0 unspecified atom stereocenters. The van der Waals surface area contributed by atoms with Crippen LogP contribution in [0.25, 0.3) is 0 Å². The van der Waals surface area contributed by atoms with Crippen LogP contribution in [-0.2, 0) is 11.2 Å². The summed E-state index contributed by atoms with van der Waals surface area (Å²) >= 11 is 0. The summed E-state index contributed by atoms with van der Waals surface area (Å²) in [5.74, 6) is 0.376. The van der Waals surface area contributed by atoms with Crippen molar-refractivity contribution < 1.29 is 4.79 Å². The molecule has 0 radical (unpaired) electrons. The van der Waals surface area contributed by atoms with Crippen LogP contribution in [0.15, 0.2) is 18.2 Å². The number of fused-ring (bicyclic) bond motifs is 1. The van der Waals surface area contributed by atoms with Crippen LogP contribution in [0.5, 0.6) is 0 Å². The molecule has 1 aromatic carbocycles. The standard InChI is InChI=1S/C16H23N3O/c1-17-16(20)13-7-10-19(11-8-13)14-6-2-4-12-5-3-9-18-15(12)14/h2,4,6,13,18H,3,5,7-11H2,1H3,(H,17,20). The predicted octanol–water partition coefficient (Wildman–Crippen LogP) is 2.01. The van der Waals surface area contributed by atoms with Gasteiger partial charge in [-0.15, -0.1) is 0 Å². The zero-order valence-corrected chi connectivity index (χ0v) is 12.1. The molecule has 0 spiro atoms. The van der Waals surface area contributed by atoms with Gasteiger partial charge in [-0.2, -0.15) is 0 Å². The van der Waals surface area contributed by atoms with E-state index in [0.29, 0.717) is 0 Å². The first-order chi connectivity index (χ1) is 9.79. The zero-order chi connectivity index (χ0) is 13.9. The molecule has 1 saturated heterocycles. The summed E-state index contributed by atoms with van der Waals surface area (Å²) in [5.41, 5.74) is 4.07. The number of anilines is 2. The van der Waals surface area contributed by atoms with Gasteiger partial charge < -0.3 is 15.5 Å². The fourth-order valence-corrected chi connectivity index (χ4v) is 3.34. The summed E-state index contributed by atoms with van der Waals surface area (Å²) in [6.45, 7) is 3.01. The lowest BCUT2D eigenvalue weighted by atomic mass is 9.94. The minimum Gasteiger partial charge on any atom is -0.383 e. The van der Waals surface area contributed by atoms with Gasteiger partial charge in [0.2, 0.25) is 5.91 Å². The maximum absolute atomic E-state index is 11.7. The van der Waals surface area contributed by atoms with E-state index >= 15 is 0 Å². The second-order valence-corrected chi connectivity index (χ2v) is 5.72. The molecule has 1 aromatic rings. The molecule has 2 aliphatic rings. The number of para-hydroxylation sites is 1. The van der Waals surface area contributed by atoms with Gasteiger partial charge in [0.1, 0.15) is 0 Å². The Labute approximate surface area is 120 Å². The van der Waals surface area contributed by atoms with Crippen molar-refractivity contribution in [2.75, 3.05) is 36.9 Å². The molecule has 20 heavy (non-hydrogen) atoms. The van der Waals surface area contributed by atoms with Gasteiger partial charge in [0, 0.05) is 32.6 Å². The number of hydrogen-bond donors (Lipinski definition) is 2. The summed E-state index contributed by atoms with van der Waals surface area (Å²) in [5, 5.41) is 6.32. The van der Waals surface area contributed by atoms with Crippen LogP contribution < -0.4 is 15.5 Å². The molecule has 4 heteroatoms. The van der Waals surface area contributed by atoms with Gasteiger partial charge in [0.25, 0.3) is 0 Å². The van der Waals surface area contributed by atoms with Crippen molar-refractivity contribution in [3.63, 3.8) is 0 Å². The third-order valence-corrected chi connectivity index (χ3v) is 4.51. The third-order valence-electron chi connectivity index (χ3n) is 4.51. The van der Waals surface area contributed by atoms with E-state index in [0.717, 1.165) is 32.5 Å². The van der Waals surface area contributed by atoms with Crippen LogP contribution >= 0.6 is 0 Å². The monoisotopic (exact) mass is 273 g/mol. The quantitative estimate of drug-likeness (QED) is 0.866. The summed E-state index contributed by atoms with van der Waals surface area (Å²) in [6.07, 6.45) is 4.28. The number of benzene rings is 1. The van der Waals surface area contributed by atoms with Gasteiger partial charge >= 0.3 is 0 Å². The molecule has 0 atom stereocenters. The highest BCUT2D eigenvalue weighted by Gasteiger charge is 2.26. The predicted molar refractivity (Wildman–Crippen MR) is 82.3 cm³/mol. The van der Waals surface area contributed by atoms with Gasteiger partial charge in [-0.1, -0.05) is 12.1 Å². The molecule has 0 aliphatic carbocycles. The molecular formula is C16H23N3O. The van der Waals surface area contributed by atoms with Crippen molar-refractivity contribution >= 4 is 17.3 Å². The van der Waals surface area contributed by atoms with Gasteiger partial charge in [0.15, 0.2) is 0 Å². The summed E-state index contributed by atoms with van der Waals surface area (Å²) in [6, 6.07) is 6.59. The Morgan fingerprint density at radius 2 is 2.15 bits per heavy atom. The molecule has 2 heterocycles. The molecule has 108 valence electrons. The summed E-state index contributed by atoms with van der Waals surface area (Å²) in [7, 11) is 1.73. The first-order valence-corrected chi connectivity index (χ1v) is 7.62. The second-order valence-electron chi connectivity index (χ2n) is 5.72. The largest absolute Gasteiger partial charge is 0.383 e. The highest BCUT2D eigenvalue weighted by Crippen LogP contribution is 2.34. The number of hydrogen-bond acceptors (Lipinski definition) is 3. The number of rotatable bonds is 2. The molecule has 0 bridgehead atoms. The van der Waals surface area contributed by atoms with Crippen LogP contribution in [0.3, 0.4) is 0 Å². The van der Waals surface area contributed by atoms with Crippen LogP contribution in [0.2, 0.25) is 0 Å². The fraction of sp³-hybridized carbons (Fsp3) is 0.562. The number of amides is 1. The van der Waals surface area contributed by atoms with Gasteiger partial charge in [0.05, 0.1) is 11.4 Å². The Morgan fingerprint density at radius 3 is 2.90 bits per heavy atom. The minimum absolute atomic E-state index is 0.184. The molecule has 2 aliphatic heterocycles. The van der Waals surface area contributed by atoms with Crippen LogP contribution in [-0.4, -0.2) is 32.6 Å². The Balaban J connectivity index is 1.74. The van der Waals surface area contributed by atoms with Crippen molar-refractivity contribution in [2.45, 2.75) is 25.7 Å². The normalized spacial score (nSPS) is 19.1.